The maximum absolute atomic E-state index is 5.90. The van der Waals surface area contributed by atoms with E-state index < -0.39 is 0 Å². The number of hydrogen-bond acceptors (Lipinski definition) is 2. The molecule has 0 spiro atoms. The normalized spacial score (nSPS) is 15.7. The number of nitrogens with zero attached hydrogens (tertiary/aromatic N) is 1. The summed E-state index contributed by atoms with van der Waals surface area (Å²) in [5.74, 6) is 1.97. The van der Waals surface area contributed by atoms with Crippen LogP contribution in [-0.4, -0.2) is 11.9 Å². The van der Waals surface area contributed by atoms with E-state index in [0.717, 1.165) is 11.6 Å². The van der Waals surface area contributed by atoms with Crippen molar-refractivity contribution in [3.05, 3.63) is 34.1 Å². The Balaban J connectivity index is 3.36. The summed E-state index contributed by atoms with van der Waals surface area (Å²) in [5.41, 5.74) is 4.90. The molecule has 1 rings (SSSR count). The third-order valence-corrected chi connectivity index (χ3v) is 2.41. The second-order valence-electron chi connectivity index (χ2n) is 4.64. The van der Waals surface area contributed by atoms with Crippen LogP contribution in [0.25, 0.3) is 0 Å². The van der Waals surface area contributed by atoms with Crippen LogP contribution in [0.3, 0.4) is 0 Å². The predicted octanol–water partition coefficient (Wildman–Crippen LogP) is 3.79. The second-order valence-corrected chi connectivity index (χ2v) is 4.64. The Morgan fingerprint density at radius 3 is 1.67 bits per heavy atom. The van der Waals surface area contributed by atoms with E-state index in [9.17, 15) is 0 Å². The van der Waals surface area contributed by atoms with Crippen LogP contribution < -0.4 is 0 Å². The van der Waals surface area contributed by atoms with Crippen LogP contribution in [0.4, 0.5) is 0 Å². The van der Waals surface area contributed by atoms with E-state index in [1.807, 2.05) is 0 Å². The molecular weight excluding hydrogens is 186 g/mol. The molecule has 0 radical (unpaired) electrons. The molecule has 0 aromatic heterocycles. The van der Waals surface area contributed by atoms with Gasteiger partial charge in [0.1, 0.15) is 0 Å². The van der Waals surface area contributed by atoms with E-state index in [-0.39, 0.29) is 0 Å². The first kappa shape index (κ1) is 11.9. The third-order valence-electron chi connectivity index (χ3n) is 2.41. The van der Waals surface area contributed by atoms with Gasteiger partial charge in [0.05, 0.1) is 5.70 Å². The maximum Gasteiger partial charge on any atom is 0.198 e. The fourth-order valence-corrected chi connectivity index (χ4v) is 1.81. The molecule has 0 saturated carbocycles. The predicted molar refractivity (Wildman–Crippen MR) is 64.0 cm³/mol. The van der Waals surface area contributed by atoms with Crippen LogP contribution in [0.2, 0.25) is 0 Å². The van der Waals surface area contributed by atoms with Crippen molar-refractivity contribution in [3.63, 3.8) is 0 Å². The summed E-state index contributed by atoms with van der Waals surface area (Å²) in [6.45, 7) is 12.5. The van der Waals surface area contributed by atoms with Crippen LogP contribution >= 0.6 is 0 Å². The standard InChI is InChI=1S/C13H21NO/c1-8(2)11-12(9(3)4)15-13(10(5)6)14(11)7/h1-7H3. The zero-order valence-electron chi connectivity index (χ0n) is 10.9. The van der Waals surface area contributed by atoms with E-state index in [0.29, 0.717) is 0 Å². The topological polar surface area (TPSA) is 12.5 Å². The summed E-state index contributed by atoms with van der Waals surface area (Å²) in [4.78, 5) is 2.13. The van der Waals surface area contributed by atoms with Gasteiger partial charge in [0, 0.05) is 7.05 Å². The summed E-state index contributed by atoms with van der Waals surface area (Å²) in [6, 6.07) is 0. The highest BCUT2D eigenvalue weighted by Gasteiger charge is 2.28. The Kier molecular flexibility index (Phi) is 3.28. The van der Waals surface area contributed by atoms with Crippen molar-refractivity contribution in [2.45, 2.75) is 41.5 Å². The van der Waals surface area contributed by atoms with Crippen LogP contribution in [0, 0.1) is 0 Å². The number of ether oxygens (including phenoxy) is 1. The Bertz CT molecular complexity index is 360. The van der Waals surface area contributed by atoms with Crippen molar-refractivity contribution < 1.29 is 4.74 Å². The fraction of sp³-hybridized carbons (Fsp3) is 0.538. The van der Waals surface area contributed by atoms with Gasteiger partial charge in [-0.25, -0.2) is 0 Å². The van der Waals surface area contributed by atoms with Gasteiger partial charge in [-0.3, -0.25) is 0 Å². The largest absolute Gasteiger partial charge is 0.439 e. The first-order valence-electron chi connectivity index (χ1n) is 5.30. The van der Waals surface area contributed by atoms with Crippen LogP contribution in [-0.2, 0) is 4.74 Å². The molecule has 1 heterocycles. The molecule has 84 valence electrons. The van der Waals surface area contributed by atoms with Gasteiger partial charge in [-0.2, -0.15) is 0 Å². The SMILES string of the molecule is CC(C)=C1OC(=C(C)C)N(C)C1=C(C)C. The molecule has 1 saturated heterocycles. The van der Waals surface area contributed by atoms with Crippen molar-refractivity contribution in [1.82, 2.24) is 4.90 Å². The van der Waals surface area contributed by atoms with Gasteiger partial charge in [0.15, 0.2) is 11.6 Å². The Labute approximate surface area is 92.9 Å². The molecule has 1 aliphatic rings. The average molecular weight is 207 g/mol. The Morgan fingerprint density at radius 1 is 0.867 bits per heavy atom. The molecule has 0 atom stereocenters. The lowest BCUT2D eigenvalue weighted by Gasteiger charge is -2.13. The summed E-state index contributed by atoms with van der Waals surface area (Å²) < 4.78 is 5.90. The molecule has 0 amide bonds. The average Bonchev–Trinajstić information content (AvgIpc) is 2.42. The quantitative estimate of drug-likeness (QED) is 0.599. The highest BCUT2D eigenvalue weighted by atomic mass is 16.5. The highest BCUT2D eigenvalue weighted by Crippen LogP contribution is 2.36. The molecule has 0 aromatic rings. The number of rotatable bonds is 0. The molecule has 0 N–H and O–H groups in total. The molecule has 0 unspecified atom stereocenters. The first-order valence-corrected chi connectivity index (χ1v) is 5.30. The van der Waals surface area contributed by atoms with Crippen LogP contribution in [0.1, 0.15) is 41.5 Å². The minimum absolute atomic E-state index is 0.961. The molecule has 0 aliphatic carbocycles. The van der Waals surface area contributed by atoms with Gasteiger partial charge in [-0.05, 0) is 58.3 Å². The lowest BCUT2D eigenvalue weighted by molar-refractivity contribution is 0.284. The van der Waals surface area contributed by atoms with E-state index in [2.05, 4.69) is 53.5 Å². The molecule has 2 heteroatoms. The maximum atomic E-state index is 5.90. The van der Waals surface area contributed by atoms with Crippen molar-refractivity contribution in [3.8, 4) is 0 Å². The molecule has 0 aromatic carbocycles. The van der Waals surface area contributed by atoms with E-state index >= 15 is 0 Å². The smallest absolute Gasteiger partial charge is 0.198 e. The van der Waals surface area contributed by atoms with Gasteiger partial charge in [-0.1, -0.05) is 0 Å². The van der Waals surface area contributed by atoms with Crippen molar-refractivity contribution in [2.75, 3.05) is 7.05 Å². The third kappa shape index (κ3) is 2.09. The van der Waals surface area contributed by atoms with Gasteiger partial charge in [0.25, 0.3) is 0 Å². The highest BCUT2D eigenvalue weighted by molar-refractivity contribution is 5.39. The van der Waals surface area contributed by atoms with Gasteiger partial charge in [-0.15, -0.1) is 0 Å². The second kappa shape index (κ2) is 4.13. The summed E-state index contributed by atoms with van der Waals surface area (Å²) in [5, 5.41) is 0. The molecule has 1 aliphatic heterocycles. The monoisotopic (exact) mass is 207 g/mol. The van der Waals surface area contributed by atoms with Crippen molar-refractivity contribution in [2.24, 2.45) is 0 Å². The van der Waals surface area contributed by atoms with E-state index in [1.165, 1.54) is 22.4 Å². The number of likely N-dealkylation sites (N-methyl/N-ethyl adjacent to an activating group) is 1. The van der Waals surface area contributed by atoms with E-state index in [1.54, 1.807) is 0 Å². The Hall–Kier alpha value is -1.18. The lowest BCUT2D eigenvalue weighted by Crippen LogP contribution is -2.11. The van der Waals surface area contributed by atoms with Crippen LogP contribution in [0.5, 0.6) is 0 Å². The number of allylic oxidation sites excluding steroid dienone is 3. The molecule has 0 bridgehead atoms. The summed E-state index contributed by atoms with van der Waals surface area (Å²) in [7, 11) is 2.06. The van der Waals surface area contributed by atoms with Crippen LogP contribution in [0.15, 0.2) is 34.1 Å². The zero-order chi connectivity index (χ0) is 11.7. The zero-order valence-corrected chi connectivity index (χ0v) is 10.9. The lowest BCUT2D eigenvalue weighted by atomic mass is 10.1. The fourth-order valence-electron chi connectivity index (χ4n) is 1.81. The minimum Gasteiger partial charge on any atom is -0.439 e. The van der Waals surface area contributed by atoms with Crippen molar-refractivity contribution in [1.29, 1.82) is 0 Å². The first-order chi connectivity index (χ1) is 6.86. The molecule has 15 heavy (non-hydrogen) atoms. The summed E-state index contributed by atoms with van der Waals surface area (Å²) in [6.07, 6.45) is 0. The molecule has 2 nitrogen and oxygen atoms in total. The molecule has 1 fully saturated rings. The van der Waals surface area contributed by atoms with Gasteiger partial charge < -0.3 is 9.64 Å². The minimum atomic E-state index is 0.961. The summed E-state index contributed by atoms with van der Waals surface area (Å²) >= 11 is 0. The van der Waals surface area contributed by atoms with Crippen molar-refractivity contribution >= 4 is 0 Å². The van der Waals surface area contributed by atoms with E-state index in [4.69, 9.17) is 4.74 Å². The number of hydrogen-bond donors (Lipinski definition) is 0. The van der Waals surface area contributed by atoms with Gasteiger partial charge >= 0.3 is 0 Å². The molecular formula is C13H21NO. The van der Waals surface area contributed by atoms with Gasteiger partial charge in [0.2, 0.25) is 0 Å². The Morgan fingerprint density at radius 2 is 1.40 bits per heavy atom.